The first kappa shape index (κ1) is 18.9. The molecule has 5 rings (SSSR count). The van der Waals surface area contributed by atoms with Crippen molar-refractivity contribution in [2.24, 2.45) is 11.8 Å². The second-order valence-electron chi connectivity index (χ2n) is 8.59. The third kappa shape index (κ3) is 3.47. The van der Waals surface area contributed by atoms with Crippen molar-refractivity contribution in [2.45, 2.75) is 32.6 Å². The zero-order chi connectivity index (χ0) is 20.8. The first-order valence-corrected chi connectivity index (χ1v) is 10.6. The van der Waals surface area contributed by atoms with Crippen molar-refractivity contribution >= 4 is 34.8 Å². The fraction of sp³-hybridized carbons (Fsp3) is 0.375. The molecular weight excluding hydrogens is 378 g/mol. The number of rotatable bonds is 4. The lowest BCUT2D eigenvalue weighted by Gasteiger charge is -2.20. The molecule has 0 spiro atoms. The predicted octanol–water partition coefficient (Wildman–Crippen LogP) is 3.29. The van der Waals surface area contributed by atoms with E-state index in [0.29, 0.717) is 13.1 Å². The van der Waals surface area contributed by atoms with E-state index in [9.17, 15) is 14.4 Å². The number of aryl methyl sites for hydroxylation is 1. The van der Waals surface area contributed by atoms with Gasteiger partial charge in [-0.25, -0.2) is 0 Å². The smallest absolute Gasteiger partial charge is 0.230 e. The van der Waals surface area contributed by atoms with Gasteiger partial charge in [-0.15, -0.1) is 0 Å². The highest BCUT2D eigenvalue weighted by atomic mass is 16.2. The standard InChI is InChI=1S/C24H25N3O3/c1-15-3-2-4-19(11-15)25-23(29)18-13-22(28)27(14-18)20-7-8-21-17(12-20)9-10-26(21)24(30)16-5-6-16/h2-4,7-8,11-12,16,18H,5-6,9-10,13-14H2,1H3,(H,25,29)/t18-/m0/s1. The lowest BCUT2D eigenvalue weighted by atomic mass is 10.1. The van der Waals surface area contributed by atoms with E-state index in [0.717, 1.165) is 47.5 Å². The molecule has 2 aromatic carbocycles. The van der Waals surface area contributed by atoms with Gasteiger partial charge in [0.1, 0.15) is 0 Å². The zero-order valence-electron chi connectivity index (χ0n) is 17.1. The molecule has 0 bridgehead atoms. The normalized spacial score (nSPS) is 20.4. The molecule has 3 aliphatic rings. The fourth-order valence-corrected chi connectivity index (χ4v) is 4.44. The quantitative estimate of drug-likeness (QED) is 0.852. The maximum absolute atomic E-state index is 12.7. The van der Waals surface area contributed by atoms with Crippen LogP contribution in [0.5, 0.6) is 0 Å². The Hall–Kier alpha value is -3.15. The highest BCUT2D eigenvalue weighted by molar-refractivity contribution is 6.04. The summed E-state index contributed by atoms with van der Waals surface area (Å²) in [7, 11) is 0. The van der Waals surface area contributed by atoms with Crippen LogP contribution >= 0.6 is 0 Å². The van der Waals surface area contributed by atoms with Gasteiger partial charge in [-0.2, -0.15) is 0 Å². The summed E-state index contributed by atoms with van der Waals surface area (Å²) < 4.78 is 0. The Kier molecular flexibility index (Phi) is 4.57. The Labute approximate surface area is 175 Å². The van der Waals surface area contributed by atoms with Gasteiger partial charge in [0, 0.05) is 42.5 Å². The number of benzene rings is 2. The van der Waals surface area contributed by atoms with Crippen LogP contribution in [0.1, 0.15) is 30.4 Å². The summed E-state index contributed by atoms with van der Waals surface area (Å²) in [6.07, 6.45) is 3.01. The van der Waals surface area contributed by atoms with Gasteiger partial charge in [0.2, 0.25) is 17.7 Å². The minimum Gasteiger partial charge on any atom is -0.326 e. The molecule has 1 saturated heterocycles. The second kappa shape index (κ2) is 7.27. The van der Waals surface area contributed by atoms with Crippen molar-refractivity contribution in [3.63, 3.8) is 0 Å². The van der Waals surface area contributed by atoms with Gasteiger partial charge in [-0.3, -0.25) is 14.4 Å². The third-order valence-electron chi connectivity index (χ3n) is 6.24. The van der Waals surface area contributed by atoms with Crippen LogP contribution < -0.4 is 15.1 Å². The van der Waals surface area contributed by atoms with Crippen LogP contribution in [0.2, 0.25) is 0 Å². The molecule has 1 atom stereocenters. The van der Waals surface area contributed by atoms with Crippen molar-refractivity contribution in [3.8, 4) is 0 Å². The summed E-state index contributed by atoms with van der Waals surface area (Å²) in [6.45, 7) is 3.06. The van der Waals surface area contributed by atoms with Crippen LogP contribution in [0.25, 0.3) is 0 Å². The van der Waals surface area contributed by atoms with Crippen LogP contribution in [-0.2, 0) is 20.8 Å². The molecular formula is C24H25N3O3. The zero-order valence-corrected chi connectivity index (χ0v) is 17.1. The maximum Gasteiger partial charge on any atom is 0.230 e. The Morgan fingerprint density at radius 3 is 2.67 bits per heavy atom. The van der Waals surface area contributed by atoms with E-state index in [1.165, 1.54) is 0 Å². The molecule has 0 aromatic heterocycles. The number of hydrogen-bond acceptors (Lipinski definition) is 3. The van der Waals surface area contributed by atoms with Crippen LogP contribution in [0.3, 0.4) is 0 Å². The van der Waals surface area contributed by atoms with Crippen molar-refractivity contribution in [1.82, 2.24) is 0 Å². The van der Waals surface area contributed by atoms with Gasteiger partial charge in [-0.1, -0.05) is 12.1 Å². The summed E-state index contributed by atoms with van der Waals surface area (Å²) in [5.74, 6) is -0.114. The third-order valence-corrected chi connectivity index (χ3v) is 6.24. The van der Waals surface area contributed by atoms with E-state index in [1.807, 2.05) is 54.3 Å². The van der Waals surface area contributed by atoms with E-state index < -0.39 is 0 Å². The molecule has 1 aliphatic carbocycles. The first-order valence-electron chi connectivity index (χ1n) is 10.6. The molecule has 3 amide bonds. The average Bonchev–Trinajstić information content (AvgIpc) is 3.38. The molecule has 6 nitrogen and oxygen atoms in total. The molecule has 2 aromatic rings. The summed E-state index contributed by atoms with van der Waals surface area (Å²) in [5, 5.41) is 2.93. The lowest BCUT2D eigenvalue weighted by molar-refractivity contribution is -0.122. The summed E-state index contributed by atoms with van der Waals surface area (Å²) in [5.41, 5.74) is 4.71. The summed E-state index contributed by atoms with van der Waals surface area (Å²) >= 11 is 0. The largest absolute Gasteiger partial charge is 0.326 e. The number of fused-ring (bicyclic) bond motifs is 1. The highest BCUT2D eigenvalue weighted by Crippen LogP contribution is 2.38. The van der Waals surface area contributed by atoms with E-state index in [4.69, 9.17) is 0 Å². The second-order valence-corrected chi connectivity index (χ2v) is 8.59. The van der Waals surface area contributed by atoms with Gasteiger partial charge in [0.05, 0.1) is 5.92 Å². The Balaban J connectivity index is 1.29. The van der Waals surface area contributed by atoms with Gasteiger partial charge in [-0.05, 0) is 67.6 Å². The Morgan fingerprint density at radius 1 is 1.07 bits per heavy atom. The number of hydrogen-bond donors (Lipinski definition) is 1. The number of nitrogens with one attached hydrogen (secondary N) is 1. The monoisotopic (exact) mass is 403 g/mol. The minimum atomic E-state index is -0.376. The van der Waals surface area contributed by atoms with Crippen molar-refractivity contribution in [1.29, 1.82) is 0 Å². The number of nitrogens with zero attached hydrogens (tertiary/aromatic N) is 2. The van der Waals surface area contributed by atoms with Gasteiger partial charge in [0.15, 0.2) is 0 Å². The molecule has 1 saturated carbocycles. The van der Waals surface area contributed by atoms with Crippen molar-refractivity contribution in [3.05, 3.63) is 53.6 Å². The molecule has 0 unspecified atom stereocenters. The maximum atomic E-state index is 12.7. The number of anilines is 3. The van der Waals surface area contributed by atoms with Crippen LogP contribution in [0.15, 0.2) is 42.5 Å². The molecule has 2 fully saturated rings. The summed E-state index contributed by atoms with van der Waals surface area (Å²) in [4.78, 5) is 41.4. The molecule has 0 radical (unpaired) electrons. The van der Waals surface area contributed by atoms with Crippen molar-refractivity contribution in [2.75, 3.05) is 28.2 Å². The van der Waals surface area contributed by atoms with Crippen LogP contribution in [0.4, 0.5) is 17.1 Å². The Bertz CT molecular complexity index is 1040. The first-order chi connectivity index (χ1) is 14.5. The van der Waals surface area contributed by atoms with Gasteiger partial charge < -0.3 is 15.1 Å². The molecule has 154 valence electrons. The van der Waals surface area contributed by atoms with Crippen LogP contribution in [-0.4, -0.2) is 30.8 Å². The minimum absolute atomic E-state index is 0.0387. The molecule has 2 heterocycles. The van der Waals surface area contributed by atoms with Crippen molar-refractivity contribution < 1.29 is 14.4 Å². The summed E-state index contributed by atoms with van der Waals surface area (Å²) in [6, 6.07) is 13.5. The highest BCUT2D eigenvalue weighted by Gasteiger charge is 2.38. The topological polar surface area (TPSA) is 69.7 Å². The van der Waals surface area contributed by atoms with E-state index in [-0.39, 0.29) is 36.0 Å². The number of carbonyl (C=O) groups is 3. The Morgan fingerprint density at radius 2 is 1.90 bits per heavy atom. The fourth-order valence-electron chi connectivity index (χ4n) is 4.44. The lowest BCUT2D eigenvalue weighted by Crippen LogP contribution is -2.30. The molecule has 30 heavy (non-hydrogen) atoms. The number of amides is 3. The van der Waals surface area contributed by atoms with Crippen LogP contribution in [0, 0.1) is 18.8 Å². The average molecular weight is 403 g/mol. The van der Waals surface area contributed by atoms with Gasteiger partial charge >= 0.3 is 0 Å². The SMILES string of the molecule is Cc1cccc(NC(=O)[C@H]2CC(=O)N(c3ccc4c(c3)CCN4C(=O)C3CC3)C2)c1. The number of carbonyl (C=O) groups excluding carboxylic acids is 3. The van der Waals surface area contributed by atoms with E-state index in [2.05, 4.69) is 5.32 Å². The van der Waals surface area contributed by atoms with E-state index >= 15 is 0 Å². The molecule has 2 aliphatic heterocycles. The molecule has 1 N–H and O–H groups in total. The van der Waals surface area contributed by atoms with E-state index in [1.54, 1.807) is 4.90 Å². The molecule has 6 heteroatoms. The predicted molar refractivity (Wildman–Crippen MR) is 115 cm³/mol. The van der Waals surface area contributed by atoms with Gasteiger partial charge in [0.25, 0.3) is 0 Å².